The van der Waals surface area contributed by atoms with Crippen molar-refractivity contribution in [2.75, 3.05) is 7.05 Å². The molecule has 1 aromatic rings. The van der Waals surface area contributed by atoms with Crippen LogP contribution in [0, 0.1) is 0 Å². The van der Waals surface area contributed by atoms with E-state index >= 15 is 0 Å². The zero-order valence-corrected chi connectivity index (χ0v) is 14.1. The molecule has 5 nitrogen and oxygen atoms in total. The highest BCUT2D eigenvalue weighted by Gasteiger charge is 2.14. The van der Waals surface area contributed by atoms with Gasteiger partial charge < -0.3 is 15.2 Å². The third-order valence-corrected chi connectivity index (χ3v) is 3.50. The Morgan fingerprint density at radius 3 is 2.74 bits per heavy atom. The number of nitrogens with zero attached hydrogens (tertiary/aromatic N) is 3. The molecule has 1 aliphatic rings. The van der Waals surface area contributed by atoms with Gasteiger partial charge in [0, 0.05) is 32.5 Å². The third kappa shape index (κ3) is 5.00. The lowest BCUT2D eigenvalue weighted by atomic mass is 9.96. The molecule has 0 aromatic carbocycles. The molecule has 19 heavy (non-hydrogen) atoms. The van der Waals surface area contributed by atoms with Crippen molar-refractivity contribution in [1.82, 2.24) is 20.2 Å². The Bertz CT molecular complexity index is 395. The van der Waals surface area contributed by atoms with Gasteiger partial charge in [0.1, 0.15) is 5.82 Å². The predicted molar refractivity (Wildman–Crippen MR) is 88.8 cm³/mol. The van der Waals surface area contributed by atoms with Crippen LogP contribution in [-0.4, -0.2) is 28.6 Å². The molecular weight excluding hydrogens is 353 g/mol. The molecule has 0 unspecified atom stereocenters. The van der Waals surface area contributed by atoms with E-state index in [9.17, 15) is 0 Å². The second-order valence-corrected chi connectivity index (χ2v) is 4.86. The molecule has 2 N–H and O–H groups in total. The number of hydrogen-bond acceptors (Lipinski definition) is 2. The summed E-state index contributed by atoms with van der Waals surface area (Å²) in [6, 6.07) is 0.575. The van der Waals surface area contributed by atoms with Crippen LogP contribution in [0.25, 0.3) is 0 Å². The van der Waals surface area contributed by atoms with Crippen molar-refractivity contribution < 1.29 is 0 Å². The molecule has 0 aliphatic heterocycles. The lowest BCUT2D eigenvalue weighted by Gasteiger charge is -2.24. The molecule has 0 atom stereocenters. The maximum absolute atomic E-state index is 4.29. The molecule has 1 aliphatic carbocycles. The first-order valence-electron chi connectivity index (χ1n) is 6.73. The fraction of sp³-hybridized carbons (Fsp3) is 0.692. The lowest BCUT2D eigenvalue weighted by molar-refractivity contribution is 0.410. The number of aromatic nitrogens is 2. The summed E-state index contributed by atoms with van der Waals surface area (Å²) in [5.41, 5.74) is 0. The second kappa shape index (κ2) is 8.39. The van der Waals surface area contributed by atoms with Crippen LogP contribution in [0.15, 0.2) is 17.4 Å². The Labute approximate surface area is 132 Å². The third-order valence-electron chi connectivity index (χ3n) is 3.50. The van der Waals surface area contributed by atoms with Crippen molar-refractivity contribution in [2.45, 2.75) is 44.7 Å². The normalized spacial score (nSPS) is 16.8. The van der Waals surface area contributed by atoms with Crippen LogP contribution in [0.3, 0.4) is 0 Å². The Morgan fingerprint density at radius 2 is 2.16 bits per heavy atom. The average molecular weight is 377 g/mol. The highest BCUT2D eigenvalue weighted by molar-refractivity contribution is 14.0. The van der Waals surface area contributed by atoms with E-state index in [2.05, 4.69) is 20.6 Å². The van der Waals surface area contributed by atoms with Gasteiger partial charge >= 0.3 is 0 Å². The zero-order valence-electron chi connectivity index (χ0n) is 11.7. The summed E-state index contributed by atoms with van der Waals surface area (Å²) in [6.45, 7) is 0.704. The number of aryl methyl sites for hydroxylation is 1. The first kappa shape index (κ1) is 16.3. The maximum atomic E-state index is 4.29. The van der Waals surface area contributed by atoms with Gasteiger partial charge in [-0.05, 0) is 12.8 Å². The predicted octanol–water partition coefficient (Wildman–Crippen LogP) is 2.04. The molecule has 0 radical (unpaired) electrons. The van der Waals surface area contributed by atoms with Crippen molar-refractivity contribution in [1.29, 1.82) is 0 Å². The summed E-state index contributed by atoms with van der Waals surface area (Å²) in [6.07, 6.45) is 10.3. The average Bonchev–Trinajstić information content (AvgIpc) is 2.81. The molecule has 0 amide bonds. The van der Waals surface area contributed by atoms with E-state index in [1.807, 2.05) is 31.1 Å². The monoisotopic (exact) mass is 377 g/mol. The van der Waals surface area contributed by atoms with Crippen molar-refractivity contribution in [3.63, 3.8) is 0 Å². The van der Waals surface area contributed by atoms with Crippen molar-refractivity contribution >= 4 is 29.9 Å². The number of hydrogen-bond donors (Lipinski definition) is 2. The van der Waals surface area contributed by atoms with Crippen LogP contribution in [0.5, 0.6) is 0 Å². The van der Waals surface area contributed by atoms with Gasteiger partial charge in [-0.1, -0.05) is 19.3 Å². The highest BCUT2D eigenvalue weighted by atomic mass is 127. The molecule has 1 heterocycles. The number of aliphatic imine (C=N–C) groups is 1. The minimum Gasteiger partial charge on any atom is -0.354 e. The van der Waals surface area contributed by atoms with Gasteiger partial charge in [0.25, 0.3) is 0 Å². The summed E-state index contributed by atoms with van der Waals surface area (Å²) >= 11 is 0. The number of rotatable bonds is 3. The zero-order chi connectivity index (χ0) is 12.8. The van der Waals surface area contributed by atoms with Crippen LogP contribution < -0.4 is 10.6 Å². The van der Waals surface area contributed by atoms with Gasteiger partial charge in [-0.25, -0.2) is 4.98 Å². The largest absolute Gasteiger partial charge is 0.354 e. The van der Waals surface area contributed by atoms with E-state index in [4.69, 9.17) is 0 Å². The van der Waals surface area contributed by atoms with E-state index in [0.717, 1.165) is 11.8 Å². The Hall–Kier alpha value is -0.790. The first-order chi connectivity index (χ1) is 8.79. The molecular formula is C13H24IN5. The Balaban J connectivity index is 0.00000180. The van der Waals surface area contributed by atoms with Crippen LogP contribution in [0.1, 0.15) is 37.9 Å². The van der Waals surface area contributed by atoms with Crippen molar-refractivity contribution in [3.05, 3.63) is 18.2 Å². The lowest BCUT2D eigenvalue weighted by Crippen LogP contribution is -2.44. The number of halogens is 1. The van der Waals surface area contributed by atoms with Gasteiger partial charge in [-0.2, -0.15) is 0 Å². The van der Waals surface area contributed by atoms with E-state index < -0.39 is 0 Å². The van der Waals surface area contributed by atoms with E-state index in [0.29, 0.717) is 12.6 Å². The van der Waals surface area contributed by atoms with Gasteiger partial charge in [0.2, 0.25) is 0 Å². The molecule has 0 bridgehead atoms. The van der Waals surface area contributed by atoms with Gasteiger partial charge in [-0.3, -0.25) is 4.99 Å². The Kier molecular flexibility index (Phi) is 7.19. The van der Waals surface area contributed by atoms with E-state index in [-0.39, 0.29) is 24.0 Å². The van der Waals surface area contributed by atoms with Gasteiger partial charge in [0.05, 0.1) is 6.54 Å². The van der Waals surface area contributed by atoms with Crippen LogP contribution in [0.2, 0.25) is 0 Å². The van der Waals surface area contributed by atoms with E-state index in [1.54, 1.807) is 0 Å². The van der Waals surface area contributed by atoms with Crippen molar-refractivity contribution in [3.8, 4) is 0 Å². The Morgan fingerprint density at radius 1 is 1.42 bits per heavy atom. The summed E-state index contributed by atoms with van der Waals surface area (Å²) in [5, 5.41) is 6.80. The summed E-state index contributed by atoms with van der Waals surface area (Å²) < 4.78 is 2.01. The summed E-state index contributed by atoms with van der Waals surface area (Å²) in [4.78, 5) is 8.56. The molecule has 108 valence electrons. The van der Waals surface area contributed by atoms with Crippen molar-refractivity contribution in [2.24, 2.45) is 12.0 Å². The van der Waals surface area contributed by atoms with Crippen LogP contribution >= 0.6 is 24.0 Å². The van der Waals surface area contributed by atoms with Crippen LogP contribution in [-0.2, 0) is 13.6 Å². The fourth-order valence-corrected chi connectivity index (χ4v) is 2.36. The number of nitrogens with one attached hydrogen (secondary N) is 2. The minimum atomic E-state index is 0. The molecule has 1 aromatic heterocycles. The second-order valence-electron chi connectivity index (χ2n) is 4.86. The quantitative estimate of drug-likeness (QED) is 0.482. The molecule has 6 heteroatoms. The summed E-state index contributed by atoms with van der Waals surface area (Å²) in [7, 11) is 3.82. The topological polar surface area (TPSA) is 54.2 Å². The van der Waals surface area contributed by atoms with Gasteiger partial charge in [-0.15, -0.1) is 24.0 Å². The smallest absolute Gasteiger partial charge is 0.191 e. The molecule has 0 spiro atoms. The van der Waals surface area contributed by atoms with E-state index in [1.165, 1.54) is 32.1 Å². The molecule has 0 saturated heterocycles. The molecule has 2 rings (SSSR count). The molecule has 1 fully saturated rings. The fourth-order valence-electron chi connectivity index (χ4n) is 2.36. The van der Waals surface area contributed by atoms with Crippen LogP contribution in [0.4, 0.5) is 0 Å². The SMILES string of the molecule is CN=C(NCc1nccn1C)NC1CCCCC1.I. The highest BCUT2D eigenvalue weighted by Crippen LogP contribution is 2.17. The minimum absolute atomic E-state index is 0. The summed E-state index contributed by atoms with van der Waals surface area (Å²) in [5.74, 6) is 1.89. The first-order valence-corrected chi connectivity index (χ1v) is 6.73. The number of imidazole rings is 1. The van der Waals surface area contributed by atoms with Gasteiger partial charge in [0.15, 0.2) is 5.96 Å². The number of guanidine groups is 1. The standard InChI is InChI=1S/C13H23N5.HI/c1-14-13(17-11-6-4-3-5-7-11)16-10-12-15-8-9-18(12)2;/h8-9,11H,3-7,10H2,1-2H3,(H2,14,16,17);1H. The molecule has 1 saturated carbocycles. The maximum Gasteiger partial charge on any atom is 0.191 e.